The number of nitrogens with zero attached hydrogens (tertiary/aromatic N) is 5. The molecule has 8 heteroatoms. The zero-order valence-electron chi connectivity index (χ0n) is 15.4. The summed E-state index contributed by atoms with van der Waals surface area (Å²) in [4.78, 5) is 36.0. The molecule has 4 rings (SSSR count). The second-order valence-electron chi connectivity index (χ2n) is 7.73. The van der Waals surface area contributed by atoms with Crippen LogP contribution in [0.4, 0.5) is 0 Å². The van der Waals surface area contributed by atoms with Crippen molar-refractivity contribution in [2.45, 2.75) is 26.7 Å². The van der Waals surface area contributed by atoms with Crippen molar-refractivity contribution in [3.8, 4) is 5.95 Å². The van der Waals surface area contributed by atoms with Crippen molar-refractivity contribution in [1.29, 1.82) is 0 Å². The minimum atomic E-state index is -0.234. The predicted octanol–water partition coefficient (Wildman–Crippen LogP) is 0.740. The molecule has 0 bridgehead atoms. The van der Waals surface area contributed by atoms with Gasteiger partial charge in [0.15, 0.2) is 0 Å². The average Bonchev–Trinajstić information content (AvgIpc) is 3.26. The summed E-state index contributed by atoms with van der Waals surface area (Å²) in [5, 5.41) is 4.29. The Labute approximate surface area is 151 Å². The van der Waals surface area contributed by atoms with Crippen molar-refractivity contribution >= 4 is 5.91 Å². The monoisotopic (exact) mass is 356 g/mol. The standard InChI is InChI=1S/C18H24N6O2/c1-12-8-15(25)21-17(20-12)24-13(2)14(9-19-24)16(26)23-7-5-18(11-23)4-6-22(3)10-18/h8-9H,4-7,10-11H2,1-3H3,(H,20,21,25). The first kappa shape index (κ1) is 17.0. The van der Waals surface area contributed by atoms with E-state index in [0.29, 0.717) is 22.9 Å². The van der Waals surface area contributed by atoms with Gasteiger partial charge in [-0.1, -0.05) is 0 Å². The Morgan fingerprint density at radius 1 is 1.23 bits per heavy atom. The van der Waals surface area contributed by atoms with Crippen molar-refractivity contribution < 1.29 is 4.79 Å². The van der Waals surface area contributed by atoms with Crippen molar-refractivity contribution in [3.63, 3.8) is 0 Å². The molecular formula is C18H24N6O2. The fourth-order valence-corrected chi connectivity index (χ4v) is 4.27. The highest BCUT2D eigenvalue weighted by Crippen LogP contribution is 2.39. The Hall–Kier alpha value is -2.48. The van der Waals surface area contributed by atoms with E-state index in [2.05, 4.69) is 27.0 Å². The number of carbonyl (C=O) groups excluding carboxylic acids is 1. The van der Waals surface area contributed by atoms with Gasteiger partial charge in [0.05, 0.1) is 17.5 Å². The van der Waals surface area contributed by atoms with Gasteiger partial charge in [0.2, 0.25) is 5.95 Å². The number of aryl methyl sites for hydroxylation is 1. The second kappa shape index (κ2) is 6.05. The van der Waals surface area contributed by atoms with Gasteiger partial charge in [0.1, 0.15) is 0 Å². The molecule has 1 spiro atoms. The highest BCUT2D eigenvalue weighted by molar-refractivity contribution is 5.95. The van der Waals surface area contributed by atoms with E-state index in [1.165, 1.54) is 10.7 Å². The molecule has 2 aromatic heterocycles. The lowest BCUT2D eigenvalue weighted by atomic mass is 9.86. The SMILES string of the molecule is Cc1cc(=O)[nH]c(-n2ncc(C(=O)N3CCC4(CCN(C)C4)C3)c2C)n1. The number of hydrogen-bond acceptors (Lipinski definition) is 5. The molecule has 2 aromatic rings. The summed E-state index contributed by atoms with van der Waals surface area (Å²) in [5.41, 5.74) is 1.88. The van der Waals surface area contributed by atoms with E-state index in [4.69, 9.17) is 0 Å². The van der Waals surface area contributed by atoms with Gasteiger partial charge in [-0.25, -0.2) is 9.67 Å². The van der Waals surface area contributed by atoms with Crippen LogP contribution in [0.1, 0.15) is 34.6 Å². The summed E-state index contributed by atoms with van der Waals surface area (Å²) in [7, 11) is 2.14. The molecule has 8 nitrogen and oxygen atoms in total. The van der Waals surface area contributed by atoms with E-state index in [-0.39, 0.29) is 16.9 Å². The number of aromatic nitrogens is 4. The molecule has 26 heavy (non-hydrogen) atoms. The third-order valence-corrected chi connectivity index (χ3v) is 5.65. The molecule has 4 heterocycles. The van der Waals surface area contributed by atoms with Gasteiger partial charge in [-0.2, -0.15) is 5.10 Å². The molecule has 2 aliphatic heterocycles. The maximum atomic E-state index is 13.0. The molecule has 1 unspecified atom stereocenters. The van der Waals surface area contributed by atoms with Crippen molar-refractivity contribution in [3.05, 3.63) is 39.6 Å². The van der Waals surface area contributed by atoms with Gasteiger partial charge in [0, 0.05) is 36.8 Å². The lowest BCUT2D eigenvalue weighted by Gasteiger charge is -2.23. The van der Waals surface area contributed by atoms with E-state index in [1.54, 1.807) is 13.1 Å². The first-order valence-corrected chi connectivity index (χ1v) is 8.98. The summed E-state index contributed by atoms with van der Waals surface area (Å²) >= 11 is 0. The Morgan fingerprint density at radius 3 is 2.69 bits per heavy atom. The third-order valence-electron chi connectivity index (χ3n) is 5.65. The van der Waals surface area contributed by atoms with Gasteiger partial charge in [-0.3, -0.25) is 14.6 Å². The van der Waals surface area contributed by atoms with Crippen LogP contribution in [0.2, 0.25) is 0 Å². The van der Waals surface area contributed by atoms with Crippen molar-refractivity contribution in [2.75, 3.05) is 33.2 Å². The van der Waals surface area contributed by atoms with Crippen LogP contribution < -0.4 is 5.56 Å². The highest BCUT2D eigenvalue weighted by atomic mass is 16.2. The largest absolute Gasteiger partial charge is 0.338 e. The van der Waals surface area contributed by atoms with Gasteiger partial charge in [-0.15, -0.1) is 0 Å². The summed E-state index contributed by atoms with van der Waals surface area (Å²) in [5.74, 6) is 0.344. The van der Waals surface area contributed by atoms with Gasteiger partial charge >= 0.3 is 0 Å². The second-order valence-corrected chi connectivity index (χ2v) is 7.73. The summed E-state index contributed by atoms with van der Waals surface area (Å²) < 4.78 is 1.52. The number of hydrogen-bond donors (Lipinski definition) is 1. The zero-order chi connectivity index (χ0) is 18.5. The quantitative estimate of drug-likeness (QED) is 0.858. The topological polar surface area (TPSA) is 87.1 Å². The average molecular weight is 356 g/mol. The third kappa shape index (κ3) is 2.84. The van der Waals surface area contributed by atoms with Gasteiger partial charge in [-0.05, 0) is 40.3 Å². The van der Waals surface area contributed by atoms with Gasteiger partial charge < -0.3 is 9.80 Å². The number of aromatic amines is 1. The molecular weight excluding hydrogens is 332 g/mol. The van der Waals surface area contributed by atoms with Gasteiger partial charge in [0.25, 0.3) is 11.5 Å². The number of rotatable bonds is 2. The minimum Gasteiger partial charge on any atom is -0.338 e. The van der Waals surface area contributed by atoms with Crippen LogP contribution in [0.5, 0.6) is 0 Å². The Balaban J connectivity index is 1.58. The van der Waals surface area contributed by atoms with Crippen molar-refractivity contribution in [1.82, 2.24) is 29.5 Å². The predicted molar refractivity (Wildman–Crippen MR) is 96.5 cm³/mol. The molecule has 2 saturated heterocycles. The van der Waals surface area contributed by atoms with Crippen LogP contribution in [0.25, 0.3) is 5.95 Å². The molecule has 1 N–H and O–H groups in total. The molecule has 2 fully saturated rings. The number of amides is 1. The van der Waals surface area contributed by atoms with Crippen LogP contribution in [-0.4, -0.2) is 68.7 Å². The van der Waals surface area contributed by atoms with E-state index < -0.39 is 0 Å². The summed E-state index contributed by atoms with van der Waals surface area (Å²) in [6, 6.07) is 1.43. The molecule has 1 atom stereocenters. The maximum absolute atomic E-state index is 13.0. The van der Waals surface area contributed by atoms with Crippen LogP contribution in [-0.2, 0) is 0 Å². The number of H-pyrrole nitrogens is 1. The van der Waals surface area contributed by atoms with E-state index in [9.17, 15) is 9.59 Å². The zero-order valence-corrected chi connectivity index (χ0v) is 15.4. The van der Waals surface area contributed by atoms with E-state index >= 15 is 0 Å². The fraction of sp³-hybridized carbons (Fsp3) is 0.556. The molecule has 0 radical (unpaired) electrons. The first-order valence-electron chi connectivity index (χ1n) is 8.98. The highest BCUT2D eigenvalue weighted by Gasteiger charge is 2.44. The van der Waals surface area contributed by atoms with E-state index in [0.717, 1.165) is 39.0 Å². The molecule has 2 aliphatic rings. The number of likely N-dealkylation sites (tertiary alicyclic amines) is 2. The fourth-order valence-electron chi connectivity index (χ4n) is 4.27. The smallest absolute Gasteiger partial charge is 0.257 e. The Kier molecular flexibility index (Phi) is 3.95. The normalized spacial score (nSPS) is 23.3. The lowest BCUT2D eigenvalue weighted by molar-refractivity contribution is 0.0773. The minimum absolute atomic E-state index is 0.00942. The molecule has 0 aromatic carbocycles. The number of carbonyl (C=O) groups is 1. The number of nitrogens with one attached hydrogen (secondary N) is 1. The summed E-state index contributed by atoms with van der Waals surface area (Å²) in [6.07, 6.45) is 3.79. The lowest BCUT2D eigenvalue weighted by Crippen LogP contribution is -2.33. The molecule has 138 valence electrons. The molecule has 0 saturated carbocycles. The van der Waals surface area contributed by atoms with E-state index in [1.807, 2.05) is 11.8 Å². The first-order chi connectivity index (χ1) is 12.4. The van der Waals surface area contributed by atoms with Crippen LogP contribution in [0, 0.1) is 19.3 Å². The summed E-state index contributed by atoms with van der Waals surface area (Å²) in [6.45, 7) is 7.34. The Bertz CT molecular complexity index is 917. The van der Waals surface area contributed by atoms with Crippen LogP contribution >= 0.6 is 0 Å². The molecule has 0 aliphatic carbocycles. The molecule has 1 amide bonds. The van der Waals surface area contributed by atoms with Crippen LogP contribution in [0.15, 0.2) is 17.1 Å². The van der Waals surface area contributed by atoms with Crippen molar-refractivity contribution in [2.24, 2.45) is 5.41 Å². The Morgan fingerprint density at radius 2 is 2.00 bits per heavy atom. The maximum Gasteiger partial charge on any atom is 0.257 e. The van der Waals surface area contributed by atoms with Crippen LogP contribution in [0.3, 0.4) is 0 Å².